The highest BCUT2D eigenvalue weighted by molar-refractivity contribution is 5.75. The second-order valence-electron chi connectivity index (χ2n) is 5.26. The smallest absolute Gasteiger partial charge is 0.219 e. The Morgan fingerprint density at radius 2 is 1.63 bits per heavy atom. The van der Waals surface area contributed by atoms with Crippen molar-refractivity contribution in [2.75, 3.05) is 13.2 Å². The van der Waals surface area contributed by atoms with Crippen molar-refractivity contribution in [2.24, 2.45) is 0 Å². The Hall–Kier alpha value is -0.640. The van der Waals surface area contributed by atoms with Crippen LogP contribution in [0.2, 0.25) is 0 Å². The Morgan fingerprint density at radius 1 is 1.05 bits per heavy atom. The molecule has 0 aromatic carbocycles. The van der Waals surface area contributed by atoms with Gasteiger partial charge in [-0.15, -0.1) is 0 Å². The average molecular weight is 275 g/mol. The Balaban J connectivity index is 3.16. The molecule has 1 amide bonds. The maximum Gasteiger partial charge on any atom is 0.219 e. The van der Waals surface area contributed by atoms with Crippen molar-refractivity contribution >= 4 is 5.91 Å². The maximum absolute atomic E-state index is 11.8. The van der Waals surface area contributed by atoms with Gasteiger partial charge in [0.25, 0.3) is 0 Å². The van der Waals surface area contributed by atoms with Crippen molar-refractivity contribution in [3.63, 3.8) is 0 Å². The first-order chi connectivity index (χ1) is 9.16. The monoisotopic (exact) mass is 275 g/mol. The van der Waals surface area contributed by atoms with E-state index in [2.05, 4.69) is 5.32 Å². The number of halogens is 1. The number of hydrogen-bond acceptors (Lipinski definition) is 2. The van der Waals surface area contributed by atoms with Gasteiger partial charge in [-0.05, 0) is 32.6 Å². The van der Waals surface area contributed by atoms with Gasteiger partial charge in [-0.3, -0.25) is 9.18 Å². The van der Waals surface area contributed by atoms with Crippen molar-refractivity contribution in [1.29, 1.82) is 0 Å². The summed E-state index contributed by atoms with van der Waals surface area (Å²) >= 11 is 0. The van der Waals surface area contributed by atoms with Crippen molar-refractivity contribution in [2.45, 2.75) is 77.2 Å². The summed E-state index contributed by atoms with van der Waals surface area (Å²) in [7, 11) is 0. The highest BCUT2D eigenvalue weighted by atomic mass is 19.1. The van der Waals surface area contributed by atoms with Gasteiger partial charge in [-0.1, -0.05) is 32.1 Å². The van der Waals surface area contributed by atoms with Crippen LogP contribution in [0.3, 0.4) is 0 Å². The summed E-state index contributed by atoms with van der Waals surface area (Å²) in [5, 5.41) is 11.9. The number of unbranched alkanes of at least 4 members (excludes halogenated alkanes) is 6. The van der Waals surface area contributed by atoms with Gasteiger partial charge in [0.2, 0.25) is 5.91 Å². The molecule has 0 aliphatic carbocycles. The molecule has 0 fully saturated rings. The molecule has 0 aromatic rings. The second-order valence-corrected chi connectivity index (χ2v) is 5.26. The molecular formula is C15H30FNO2. The molecule has 0 spiro atoms. The lowest BCUT2D eigenvalue weighted by atomic mass is 10.1. The third-order valence-corrected chi connectivity index (χ3v) is 3.16. The lowest BCUT2D eigenvalue weighted by Crippen LogP contribution is -2.24. The third kappa shape index (κ3) is 15.3. The topological polar surface area (TPSA) is 49.3 Å². The maximum atomic E-state index is 11.8. The Morgan fingerprint density at radius 3 is 2.21 bits per heavy atom. The van der Waals surface area contributed by atoms with Gasteiger partial charge in [0, 0.05) is 13.0 Å². The molecule has 0 aromatic heterocycles. The highest BCUT2D eigenvalue weighted by Crippen LogP contribution is 2.08. The minimum atomic E-state index is -0.283. The molecule has 0 radical (unpaired) electrons. The molecule has 0 aliphatic rings. The number of aliphatic hydroxyl groups is 1. The predicted octanol–water partition coefficient (Wildman–Crippen LogP) is 3.35. The summed E-state index contributed by atoms with van der Waals surface area (Å²) in [6, 6.07) is 0. The first kappa shape index (κ1) is 18.4. The van der Waals surface area contributed by atoms with Gasteiger partial charge in [0.05, 0.1) is 12.8 Å². The number of carbonyl (C=O) groups is 1. The fraction of sp³-hybridized carbons (Fsp3) is 0.933. The van der Waals surface area contributed by atoms with Crippen LogP contribution >= 0.6 is 0 Å². The van der Waals surface area contributed by atoms with Crippen LogP contribution in [-0.2, 0) is 4.79 Å². The summed E-state index contributed by atoms with van der Waals surface area (Å²) in [4.78, 5) is 11.4. The molecule has 19 heavy (non-hydrogen) atoms. The van der Waals surface area contributed by atoms with E-state index >= 15 is 0 Å². The largest absolute Gasteiger partial charge is 0.393 e. The van der Waals surface area contributed by atoms with Crippen LogP contribution in [0.1, 0.15) is 71.1 Å². The molecule has 1 atom stereocenters. The average Bonchev–Trinajstić information content (AvgIpc) is 2.37. The van der Waals surface area contributed by atoms with E-state index in [1.54, 1.807) is 6.92 Å². The van der Waals surface area contributed by atoms with E-state index < -0.39 is 0 Å². The molecule has 0 saturated heterocycles. The minimum absolute atomic E-state index is 0.114. The van der Waals surface area contributed by atoms with E-state index in [1.807, 2.05) is 0 Å². The molecular weight excluding hydrogens is 245 g/mol. The number of amides is 1. The summed E-state index contributed by atoms with van der Waals surface area (Å²) in [5.41, 5.74) is 0. The minimum Gasteiger partial charge on any atom is -0.393 e. The zero-order chi connectivity index (χ0) is 14.3. The Kier molecular flexibility index (Phi) is 13.3. The Bertz CT molecular complexity index is 210. The fourth-order valence-electron chi connectivity index (χ4n) is 1.98. The van der Waals surface area contributed by atoms with E-state index in [0.717, 1.165) is 51.4 Å². The molecule has 0 aliphatic heterocycles. The van der Waals surface area contributed by atoms with Crippen molar-refractivity contribution in [3.05, 3.63) is 0 Å². The van der Waals surface area contributed by atoms with Crippen LogP contribution in [0.15, 0.2) is 0 Å². The van der Waals surface area contributed by atoms with Gasteiger partial charge in [-0.25, -0.2) is 0 Å². The number of rotatable bonds is 13. The molecule has 1 unspecified atom stereocenters. The number of alkyl halides is 1. The standard InChI is InChI=1S/C15H30FNO2/c1-14(18)10-9-13-17-15(19)11-7-5-3-2-4-6-8-12-16/h14,18H,2-13H2,1H3,(H,17,19). The van der Waals surface area contributed by atoms with Gasteiger partial charge in [-0.2, -0.15) is 0 Å². The molecule has 4 heteroatoms. The van der Waals surface area contributed by atoms with Gasteiger partial charge in [0.1, 0.15) is 0 Å². The van der Waals surface area contributed by atoms with Gasteiger partial charge < -0.3 is 10.4 Å². The molecule has 114 valence electrons. The van der Waals surface area contributed by atoms with Gasteiger partial charge in [0.15, 0.2) is 0 Å². The predicted molar refractivity (Wildman–Crippen MR) is 76.8 cm³/mol. The third-order valence-electron chi connectivity index (χ3n) is 3.16. The molecule has 0 saturated carbocycles. The van der Waals surface area contributed by atoms with Crippen LogP contribution in [-0.4, -0.2) is 30.3 Å². The van der Waals surface area contributed by atoms with Gasteiger partial charge >= 0.3 is 0 Å². The second kappa shape index (κ2) is 13.8. The molecule has 3 nitrogen and oxygen atoms in total. The summed E-state index contributed by atoms with van der Waals surface area (Å²) < 4.78 is 11.8. The first-order valence-corrected chi connectivity index (χ1v) is 7.67. The van der Waals surface area contributed by atoms with Crippen molar-refractivity contribution < 1.29 is 14.3 Å². The lowest BCUT2D eigenvalue weighted by Gasteiger charge is -2.06. The molecule has 0 bridgehead atoms. The van der Waals surface area contributed by atoms with Crippen LogP contribution in [0.4, 0.5) is 4.39 Å². The molecule has 0 rings (SSSR count). The van der Waals surface area contributed by atoms with Crippen LogP contribution in [0.25, 0.3) is 0 Å². The van der Waals surface area contributed by atoms with E-state index in [0.29, 0.717) is 19.4 Å². The van der Waals surface area contributed by atoms with Crippen molar-refractivity contribution in [3.8, 4) is 0 Å². The highest BCUT2D eigenvalue weighted by Gasteiger charge is 2.01. The molecule has 2 N–H and O–H groups in total. The number of carbonyl (C=O) groups excluding carboxylic acids is 1. The quantitative estimate of drug-likeness (QED) is 0.506. The van der Waals surface area contributed by atoms with Crippen LogP contribution in [0, 0.1) is 0 Å². The first-order valence-electron chi connectivity index (χ1n) is 7.67. The zero-order valence-corrected chi connectivity index (χ0v) is 12.3. The zero-order valence-electron chi connectivity index (χ0n) is 12.3. The number of aliphatic hydroxyl groups excluding tert-OH is 1. The summed E-state index contributed by atoms with van der Waals surface area (Å²) in [5.74, 6) is 0.114. The summed E-state index contributed by atoms with van der Waals surface area (Å²) in [6.07, 6.45) is 8.97. The van der Waals surface area contributed by atoms with E-state index in [-0.39, 0.29) is 18.7 Å². The number of hydrogen-bond donors (Lipinski definition) is 2. The SMILES string of the molecule is CC(O)CCCNC(=O)CCCCCCCCCF. The van der Waals surface area contributed by atoms with Crippen LogP contribution in [0.5, 0.6) is 0 Å². The lowest BCUT2D eigenvalue weighted by molar-refractivity contribution is -0.121. The van der Waals surface area contributed by atoms with E-state index in [9.17, 15) is 9.18 Å². The van der Waals surface area contributed by atoms with E-state index in [1.165, 1.54) is 0 Å². The van der Waals surface area contributed by atoms with Crippen molar-refractivity contribution in [1.82, 2.24) is 5.32 Å². The van der Waals surface area contributed by atoms with E-state index in [4.69, 9.17) is 5.11 Å². The normalized spacial score (nSPS) is 12.4. The molecule has 0 heterocycles. The van der Waals surface area contributed by atoms with Crippen LogP contribution < -0.4 is 5.32 Å². The summed E-state index contributed by atoms with van der Waals surface area (Å²) in [6.45, 7) is 2.22. The number of nitrogens with one attached hydrogen (secondary N) is 1. The fourth-order valence-corrected chi connectivity index (χ4v) is 1.98. The Labute approximate surface area is 117 Å².